The van der Waals surface area contributed by atoms with Crippen LogP contribution in [-0.2, 0) is 4.79 Å². The second kappa shape index (κ2) is 7.53. The van der Waals surface area contributed by atoms with Crippen LogP contribution in [0.5, 0.6) is 0 Å². The highest BCUT2D eigenvalue weighted by Gasteiger charge is 2.29. The van der Waals surface area contributed by atoms with E-state index in [2.05, 4.69) is 30.7 Å². The molecule has 8 nitrogen and oxygen atoms in total. The zero-order valence-corrected chi connectivity index (χ0v) is 17.2. The van der Waals surface area contributed by atoms with E-state index in [0.717, 1.165) is 40.9 Å². The van der Waals surface area contributed by atoms with Crippen molar-refractivity contribution in [1.29, 1.82) is 0 Å². The van der Waals surface area contributed by atoms with Gasteiger partial charge in [0.25, 0.3) is 0 Å². The predicted octanol–water partition coefficient (Wildman–Crippen LogP) is 2.98. The van der Waals surface area contributed by atoms with Gasteiger partial charge < -0.3 is 10.2 Å². The highest BCUT2D eigenvalue weighted by atomic mass is 32.2. The first-order valence-corrected chi connectivity index (χ1v) is 10.9. The van der Waals surface area contributed by atoms with E-state index < -0.39 is 0 Å². The summed E-state index contributed by atoms with van der Waals surface area (Å²) in [4.78, 5) is 20.4. The van der Waals surface area contributed by atoms with E-state index in [1.54, 1.807) is 16.4 Å². The van der Waals surface area contributed by atoms with Crippen LogP contribution in [0, 0.1) is 6.92 Å². The monoisotopic (exact) mass is 423 g/mol. The lowest BCUT2D eigenvalue weighted by atomic mass is 10.2. The van der Waals surface area contributed by atoms with E-state index in [1.165, 1.54) is 16.7 Å². The van der Waals surface area contributed by atoms with Crippen LogP contribution in [0.1, 0.15) is 5.56 Å². The van der Waals surface area contributed by atoms with E-state index in [1.807, 2.05) is 49.4 Å². The van der Waals surface area contributed by atoms with Crippen LogP contribution in [0.4, 0.5) is 11.4 Å². The molecule has 0 radical (unpaired) electrons. The van der Waals surface area contributed by atoms with Gasteiger partial charge in [-0.3, -0.25) is 9.79 Å². The first kappa shape index (κ1) is 18.2. The van der Waals surface area contributed by atoms with Crippen molar-refractivity contribution in [2.75, 3.05) is 29.1 Å². The van der Waals surface area contributed by atoms with Gasteiger partial charge in [-0.1, -0.05) is 30.0 Å². The molecule has 0 fully saturated rings. The molecule has 0 spiro atoms. The minimum absolute atomic E-state index is 0.102. The fourth-order valence-corrected chi connectivity index (χ4v) is 5.02. The molecule has 2 aliphatic heterocycles. The molecule has 1 N–H and O–H groups in total. The molecule has 3 heterocycles. The number of aryl methyl sites for hydroxylation is 1. The number of carbonyl (C=O) groups excluding carboxylic acids is 1. The molecule has 146 valence electrons. The normalized spacial score (nSPS) is 14.5. The number of aromatic nitrogens is 4. The standard InChI is InChI=1S/C19H17N7OS2/c1-12-4-2-3-5-14(12)26-19(22-23-24-26)28-11-17(27)21-13-6-7-16-15(10-13)25-9-8-20-18(25)29-16/h2-7,10H,8-9,11H2,1H3,(H,21,27). The molecule has 2 aliphatic rings. The van der Waals surface area contributed by atoms with Crippen LogP contribution < -0.4 is 10.2 Å². The van der Waals surface area contributed by atoms with Crippen molar-refractivity contribution in [2.45, 2.75) is 17.0 Å². The third-order valence-electron chi connectivity index (χ3n) is 4.65. The van der Waals surface area contributed by atoms with Crippen molar-refractivity contribution in [2.24, 2.45) is 4.99 Å². The van der Waals surface area contributed by atoms with Gasteiger partial charge in [-0.05, 0) is 58.9 Å². The minimum Gasteiger partial charge on any atom is -0.325 e. The van der Waals surface area contributed by atoms with Crippen molar-refractivity contribution in [3.05, 3.63) is 48.0 Å². The Hall–Kier alpha value is -2.85. The van der Waals surface area contributed by atoms with Crippen LogP contribution in [0.2, 0.25) is 0 Å². The molecule has 1 aromatic heterocycles. The second-order valence-electron chi connectivity index (χ2n) is 6.60. The number of amidine groups is 1. The van der Waals surface area contributed by atoms with Crippen molar-refractivity contribution in [1.82, 2.24) is 20.2 Å². The number of carbonyl (C=O) groups is 1. The van der Waals surface area contributed by atoms with Gasteiger partial charge in [0.2, 0.25) is 11.1 Å². The molecule has 3 aromatic rings. The van der Waals surface area contributed by atoms with Gasteiger partial charge in [-0.2, -0.15) is 4.68 Å². The highest BCUT2D eigenvalue weighted by molar-refractivity contribution is 8.14. The lowest BCUT2D eigenvalue weighted by molar-refractivity contribution is -0.113. The summed E-state index contributed by atoms with van der Waals surface area (Å²) in [5, 5.41) is 16.5. The van der Waals surface area contributed by atoms with E-state index >= 15 is 0 Å². The highest BCUT2D eigenvalue weighted by Crippen LogP contribution is 2.43. The summed E-state index contributed by atoms with van der Waals surface area (Å²) in [6.07, 6.45) is 0. The smallest absolute Gasteiger partial charge is 0.234 e. The Labute approximate surface area is 175 Å². The number of aliphatic imine (C=N–C) groups is 1. The summed E-state index contributed by atoms with van der Waals surface area (Å²) in [6.45, 7) is 3.72. The number of para-hydroxylation sites is 1. The van der Waals surface area contributed by atoms with Crippen LogP contribution in [0.25, 0.3) is 5.69 Å². The van der Waals surface area contributed by atoms with Gasteiger partial charge in [0.05, 0.1) is 23.7 Å². The molecule has 1 amide bonds. The molecule has 0 saturated heterocycles. The van der Waals surface area contributed by atoms with Gasteiger partial charge in [0.15, 0.2) is 5.17 Å². The predicted molar refractivity (Wildman–Crippen MR) is 115 cm³/mol. The SMILES string of the molecule is Cc1ccccc1-n1nnnc1SCC(=O)Nc1ccc2c(c1)N1CCN=C1S2. The number of anilines is 2. The molecule has 0 aliphatic carbocycles. The summed E-state index contributed by atoms with van der Waals surface area (Å²) < 4.78 is 1.66. The summed E-state index contributed by atoms with van der Waals surface area (Å²) in [5.74, 6) is 0.115. The topological polar surface area (TPSA) is 88.3 Å². The molecular weight excluding hydrogens is 406 g/mol. The third kappa shape index (κ3) is 3.49. The molecule has 0 bridgehead atoms. The number of hydrogen-bond donors (Lipinski definition) is 1. The maximum atomic E-state index is 12.5. The number of rotatable bonds is 5. The molecular formula is C19H17N7OS2. The average molecular weight is 424 g/mol. The van der Waals surface area contributed by atoms with Crippen LogP contribution in [0.3, 0.4) is 0 Å². The van der Waals surface area contributed by atoms with E-state index in [4.69, 9.17) is 0 Å². The number of hydrogen-bond acceptors (Lipinski definition) is 8. The zero-order chi connectivity index (χ0) is 19.8. The van der Waals surface area contributed by atoms with E-state index in [9.17, 15) is 4.79 Å². The minimum atomic E-state index is -0.102. The number of benzene rings is 2. The zero-order valence-electron chi connectivity index (χ0n) is 15.6. The summed E-state index contributed by atoms with van der Waals surface area (Å²) in [5.41, 5.74) is 3.85. The molecule has 10 heteroatoms. The van der Waals surface area contributed by atoms with E-state index in [-0.39, 0.29) is 11.7 Å². The van der Waals surface area contributed by atoms with Crippen LogP contribution >= 0.6 is 23.5 Å². The lowest BCUT2D eigenvalue weighted by Crippen LogP contribution is -2.21. The Kier molecular flexibility index (Phi) is 4.72. The number of amides is 1. The molecule has 0 saturated carbocycles. The molecule has 0 unspecified atom stereocenters. The van der Waals surface area contributed by atoms with Gasteiger partial charge in [0.1, 0.15) is 0 Å². The fourth-order valence-electron chi connectivity index (χ4n) is 3.28. The molecule has 0 atom stereocenters. The molecule has 29 heavy (non-hydrogen) atoms. The van der Waals surface area contributed by atoms with Gasteiger partial charge in [0, 0.05) is 17.1 Å². The summed E-state index contributed by atoms with van der Waals surface area (Å²) in [6, 6.07) is 13.8. The molecule has 5 rings (SSSR count). The lowest BCUT2D eigenvalue weighted by Gasteiger charge is -2.13. The Morgan fingerprint density at radius 3 is 3.03 bits per heavy atom. The number of nitrogens with one attached hydrogen (secondary N) is 1. The maximum absolute atomic E-state index is 12.5. The Balaban J connectivity index is 1.26. The first-order chi connectivity index (χ1) is 14.2. The summed E-state index contributed by atoms with van der Waals surface area (Å²) in [7, 11) is 0. The van der Waals surface area contributed by atoms with Gasteiger partial charge >= 0.3 is 0 Å². The Bertz CT molecular complexity index is 1130. The van der Waals surface area contributed by atoms with Crippen LogP contribution in [-0.4, -0.2) is 50.1 Å². The largest absolute Gasteiger partial charge is 0.325 e. The number of nitrogens with zero attached hydrogens (tertiary/aromatic N) is 6. The van der Waals surface area contributed by atoms with Crippen molar-refractivity contribution < 1.29 is 4.79 Å². The average Bonchev–Trinajstić information content (AvgIpc) is 3.43. The Morgan fingerprint density at radius 2 is 2.14 bits per heavy atom. The number of fused-ring (bicyclic) bond motifs is 3. The first-order valence-electron chi connectivity index (χ1n) is 9.10. The quantitative estimate of drug-likeness (QED) is 0.631. The maximum Gasteiger partial charge on any atom is 0.234 e. The Morgan fingerprint density at radius 1 is 1.24 bits per heavy atom. The summed E-state index contributed by atoms with van der Waals surface area (Å²) >= 11 is 2.98. The van der Waals surface area contributed by atoms with E-state index in [0.29, 0.717) is 5.16 Å². The third-order valence-corrected chi connectivity index (χ3v) is 6.67. The van der Waals surface area contributed by atoms with Crippen LogP contribution in [0.15, 0.2) is 57.5 Å². The second-order valence-corrected chi connectivity index (χ2v) is 8.55. The van der Waals surface area contributed by atoms with Crippen molar-refractivity contribution in [3.8, 4) is 5.69 Å². The number of tetrazole rings is 1. The van der Waals surface area contributed by atoms with Crippen molar-refractivity contribution >= 4 is 46.0 Å². The van der Waals surface area contributed by atoms with Crippen molar-refractivity contribution in [3.63, 3.8) is 0 Å². The molecule has 2 aromatic carbocycles. The van der Waals surface area contributed by atoms with Gasteiger partial charge in [-0.25, -0.2) is 0 Å². The number of thioether (sulfide) groups is 2. The fraction of sp³-hybridized carbons (Fsp3) is 0.211. The van der Waals surface area contributed by atoms with Gasteiger partial charge in [-0.15, -0.1) is 5.10 Å².